The number of allylic oxidation sites excluding steroid dienone is 3. The standard InChI is InChI=1S/C10H15NO2.C2H6/c1-13-10(12)9(11)7-8-5-3-2-4-6-8;1-2/h3,5-6,9H,2,4,7,11H2,1H3;1-2H3/t9-;/m0./s1. The molecule has 0 bridgehead atoms. The van der Waals surface area contributed by atoms with Crippen LogP contribution in [0.3, 0.4) is 0 Å². The summed E-state index contributed by atoms with van der Waals surface area (Å²) in [6, 6.07) is -0.529. The summed E-state index contributed by atoms with van der Waals surface area (Å²) in [6.07, 6.45) is 8.92. The van der Waals surface area contributed by atoms with Crippen molar-refractivity contribution in [1.82, 2.24) is 0 Å². The second kappa shape index (κ2) is 8.24. The SMILES string of the molecule is CC.COC(=O)[C@@H](N)CC1=CCCC=C1. The van der Waals surface area contributed by atoms with E-state index in [4.69, 9.17) is 5.73 Å². The number of methoxy groups -OCH3 is 1. The number of rotatable bonds is 3. The molecule has 3 heteroatoms. The zero-order chi connectivity index (χ0) is 11.7. The Kier molecular flexibility index (Phi) is 7.64. The van der Waals surface area contributed by atoms with Crippen LogP contribution in [0.1, 0.15) is 33.1 Å². The van der Waals surface area contributed by atoms with E-state index in [1.165, 1.54) is 7.11 Å². The van der Waals surface area contributed by atoms with Crippen LogP contribution < -0.4 is 5.73 Å². The van der Waals surface area contributed by atoms with Crippen molar-refractivity contribution in [3.05, 3.63) is 23.8 Å². The van der Waals surface area contributed by atoms with E-state index < -0.39 is 6.04 Å². The number of carbonyl (C=O) groups is 1. The Balaban J connectivity index is 0.000000921. The maximum Gasteiger partial charge on any atom is 0.322 e. The van der Waals surface area contributed by atoms with Gasteiger partial charge in [0.15, 0.2) is 0 Å². The lowest BCUT2D eigenvalue weighted by molar-refractivity contribution is -0.142. The lowest BCUT2D eigenvalue weighted by Gasteiger charge is -2.11. The zero-order valence-electron chi connectivity index (χ0n) is 9.82. The topological polar surface area (TPSA) is 52.3 Å². The molecule has 0 aromatic heterocycles. The van der Waals surface area contributed by atoms with Crippen LogP contribution in [-0.2, 0) is 9.53 Å². The van der Waals surface area contributed by atoms with Gasteiger partial charge in [-0.3, -0.25) is 4.79 Å². The summed E-state index contributed by atoms with van der Waals surface area (Å²) >= 11 is 0. The minimum absolute atomic E-state index is 0.347. The first kappa shape index (κ1) is 13.9. The van der Waals surface area contributed by atoms with Crippen LogP contribution in [-0.4, -0.2) is 19.1 Å². The van der Waals surface area contributed by atoms with Gasteiger partial charge in [-0.2, -0.15) is 0 Å². The molecule has 0 saturated heterocycles. The van der Waals surface area contributed by atoms with E-state index in [-0.39, 0.29) is 5.97 Å². The number of carbonyl (C=O) groups excluding carboxylic acids is 1. The van der Waals surface area contributed by atoms with Gasteiger partial charge in [-0.25, -0.2) is 0 Å². The molecular formula is C12H21NO2. The smallest absolute Gasteiger partial charge is 0.322 e. The molecule has 0 spiro atoms. The maximum absolute atomic E-state index is 11.0. The fourth-order valence-corrected chi connectivity index (χ4v) is 1.31. The third kappa shape index (κ3) is 5.37. The molecule has 0 radical (unpaired) electrons. The Morgan fingerprint density at radius 1 is 1.53 bits per heavy atom. The quantitative estimate of drug-likeness (QED) is 0.728. The lowest BCUT2D eigenvalue weighted by atomic mass is 10.0. The van der Waals surface area contributed by atoms with E-state index >= 15 is 0 Å². The Hall–Kier alpha value is -1.09. The monoisotopic (exact) mass is 211 g/mol. The molecule has 0 amide bonds. The summed E-state index contributed by atoms with van der Waals surface area (Å²) < 4.78 is 4.54. The number of hydrogen-bond donors (Lipinski definition) is 1. The van der Waals surface area contributed by atoms with Crippen LogP contribution in [0.4, 0.5) is 0 Å². The molecule has 1 aliphatic rings. The minimum atomic E-state index is -0.529. The molecule has 0 aromatic rings. The van der Waals surface area contributed by atoms with Crippen molar-refractivity contribution in [1.29, 1.82) is 0 Å². The number of nitrogens with two attached hydrogens (primary N) is 1. The average molecular weight is 211 g/mol. The van der Waals surface area contributed by atoms with E-state index in [0.717, 1.165) is 18.4 Å². The molecule has 0 aliphatic heterocycles. The molecule has 0 saturated carbocycles. The van der Waals surface area contributed by atoms with Crippen LogP contribution in [0.25, 0.3) is 0 Å². The molecule has 3 nitrogen and oxygen atoms in total. The van der Waals surface area contributed by atoms with Crippen molar-refractivity contribution in [3.8, 4) is 0 Å². The van der Waals surface area contributed by atoms with Gasteiger partial charge in [-0.05, 0) is 19.3 Å². The third-order valence-electron chi connectivity index (χ3n) is 2.03. The van der Waals surface area contributed by atoms with Crippen molar-refractivity contribution in [3.63, 3.8) is 0 Å². The van der Waals surface area contributed by atoms with Crippen LogP contribution in [0, 0.1) is 0 Å². The number of hydrogen-bond acceptors (Lipinski definition) is 3. The summed E-state index contributed by atoms with van der Waals surface area (Å²) in [5, 5.41) is 0. The first-order chi connectivity index (χ1) is 7.24. The summed E-state index contributed by atoms with van der Waals surface area (Å²) in [4.78, 5) is 11.0. The van der Waals surface area contributed by atoms with Gasteiger partial charge in [-0.1, -0.05) is 37.6 Å². The van der Waals surface area contributed by atoms with Gasteiger partial charge in [-0.15, -0.1) is 0 Å². The second-order valence-corrected chi connectivity index (χ2v) is 3.09. The highest BCUT2D eigenvalue weighted by Gasteiger charge is 2.14. The highest BCUT2D eigenvalue weighted by Crippen LogP contribution is 2.14. The zero-order valence-corrected chi connectivity index (χ0v) is 9.82. The normalized spacial score (nSPS) is 15.9. The molecular weight excluding hydrogens is 190 g/mol. The molecule has 1 aliphatic carbocycles. The predicted molar refractivity (Wildman–Crippen MR) is 62.4 cm³/mol. The van der Waals surface area contributed by atoms with Gasteiger partial charge in [0, 0.05) is 0 Å². The lowest BCUT2D eigenvalue weighted by Crippen LogP contribution is -2.31. The third-order valence-corrected chi connectivity index (χ3v) is 2.03. The molecule has 15 heavy (non-hydrogen) atoms. The summed E-state index contributed by atoms with van der Waals surface area (Å²) in [7, 11) is 1.35. The van der Waals surface area contributed by atoms with Gasteiger partial charge in [0.1, 0.15) is 6.04 Å². The van der Waals surface area contributed by atoms with Crippen molar-refractivity contribution in [2.45, 2.75) is 39.2 Å². The van der Waals surface area contributed by atoms with Gasteiger partial charge in [0.2, 0.25) is 0 Å². The maximum atomic E-state index is 11.0. The molecule has 2 N–H and O–H groups in total. The average Bonchev–Trinajstić information content (AvgIpc) is 2.32. The number of esters is 1. The molecule has 0 heterocycles. The Morgan fingerprint density at radius 2 is 2.20 bits per heavy atom. The highest BCUT2D eigenvalue weighted by molar-refractivity contribution is 5.75. The highest BCUT2D eigenvalue weighted by atomic mass is 16.5. The predicted octanol–water partition coefficient (Wildman–Crippen LogP) is 2.18. The second-order valence-electron chi connectivity index (χ2n) is 3.09. The molecule has 0 fully saturated rings. The van der Waals surface area contributed by atoms with Crippen molar-refractivity contribution >= 4 is 5.97 Å². The van der Waals surface area contributed by atoms with E-state index in [2.05, 4.69) is 16.9 Å². The largest absolute Gasteiger partial charge is 0.468 e. The van der Waals surface area contributed by atoms with E-state index in [1.54, 1.807) is 0 Å². The van der Waals surface area contributed by atoms with E-state index in [1.807, 2.05) is 19.9 Å². The molecule has 1 rings (SSSR count). The van der Waals surface area contributed by atoms with Crippen LogP contribution in [0.5, 0.6) is 0 Å². The first-order valence-corrected chi connectivity index (χ1v) is 5.43. The van der Waals surface area contributed by atoms with Crippen molar-refractivity contribution in [2.75, 3.05) is 7.11 Å². The molecule has 0 aromatic carbocycles. The Labute approximate surface area is 92.0 Å². The van der Waals surface area contributed by atoms with Crippen LogP contribution in [0.15, 0.2) is 23.8 Å². The van der Waals surface area contributed by atoms with Gasteiger partial charge in [0.05, 0.1) is 7.11 Å². The minimum Gasteiger partial charge on any atom is -0.468 e. The molecule has 86 valence electrons. The Bertz CT molecular complexity index is 244. The summed E-state index contributed by atoms with van der Waals surface area (Å²) in [6.45, 7) is 4.00. The van der Waals surface area contributed by atoms with E-state index in [0.29, 0.717) is 6.42 Å². The van der Waals surface area contributed by atoms with Crippen LogP contribution >= 0.6 is 0 Å². The van der Waals surface area contributed by atoms with E-state index in [9.17, 15) is 4.79 Å². The fraction of sp³-hybridized carbons (Fsp3) is 0.583. The Morgan fingerprint density at radius 3 is 2.67 bits per heavy atom. The first-order valence-electron chi connectivity index (χ1n) is 5.43. The van der Waals surface area contributed by atoms with Gasteiger partial charge >= 0.3 is 5.97 Å². The molecule has 0 unspecified atom stereocenters. The summed E-state index contributed by atoms with van der Waals surface area (Å²) in [5.74, 6) is -0.347. The number of ether oxygens (including phenoxy) is 1. The summed E-state index contributed by atoms with van der Waals surface area (Å²) in [5.41, 5.74) is 6.74. The van der Waals surface area contributed by atoms with Crippen LogP contribution in [0.2, 0.25) is 0 Å². The fourth-order valence-electron chi connectivity index (χ4n) is 1.31. The van der Waals surface area contributed by atoms with Crippen molar-refractivity contribution < 1.29 is 9.53 Å². The molecule has 1 atom stereocenters. The van der Waals surface area contributed by atoms with Gasteiger partial charge in [0.25, 0.3) is 0 Å². The van der Waals surface area contributed by atoms with Crippen molar-refractivity contribution in [2.24, 2.45) is 5.73 Å². The van der Waals surface area contributed by atoms with Gasteiger partial charge < -0.3 is 10.5 Å².